The normalized spacial score (nSPS) is 13.5. The van der Waals surface area contributed by atoms with Gasteiger partial charge in [0, 0.05) is 27.5 Å². The van der Waals surface area contributed by atoms with Crippen LogP contribution >= 0.6 is 39.0 Å². The van der Waals surface area contributed by atoms with Crippen LogP contribution in [0, 0.1) is 0 Å². The van der Waals surface area contributed by atoms with Crippen molar-refractivity contribution in [2.75, 3.05) is 0 Å². The molecule has 4 aromatic rings. The largest absolute Gasteiger partial charge is 0.283 e. The lowest BCUT2D eigenvalue weighted by molar-refractivity contribution is 0.655. The molecule has 4 nitrogen and oxygen atoms in total. The number of thiophene rings is 1. The zero-order chi connectivity index (χ0) is 20.5. The van der Waals surface area contributed by atoms with E-state index in [2.05, 4.69) is 33.0 Å². The number of aromatic nitrogens is 3. The predicted octanol–water partition coefficient (Wildman–Crippen LogP) is 5.83. The minimum absolute atomic E-state index is 0.0907. The molecule has 0 unspecified atom stereocenters. The summed E-state index contributed by atoms with van der Waals surface area (Å²) < 4.78 is 2.91. The Bertz CT molecular complexity index is 1270. The van der Waals surface area contributed by atoms with E-state index in [4.69, 9.17) is 4.98 Å². The minimum Gasteiger partial charge on any atom is -0.283 e. The molecule has 0 saturated heterocycles. The summed E-state index contributed by atoms with van der Waals surface area (Å²) >= 11 is 6.88. The van der Waals surface area contributed by atoms with Crippen molar-refractivity contribution in [2.24, 2.45) is 0 Å². The Morgan fingerprint density at radius 2 is 1.93 bits per heavy atom. The van der Waals surface area contributed by atoms with E-state index in [1.54, 1.807) is 35.5 Å². The van der Waals surface area contributed by atoms with Gasteiger partial charge in [0.2, 0.25) is 0 Å². The van der Waals surface area contributed by atoms with Gasteiger partial charge in [-0.2, -0.15) is 0 Å². The molecule has 1 aliphatic rings. The highest BCUT2D eigenvalue weighted by molar-refractivity contribution is 9.10. The van der Waals surface area contributed by atoms with Gasteiger partial charge in [-0.25, -0.2) is 4.98 Å². The summed E-state index contributed by atoms with van der Waals surface area (Å²) in [6.07, 6.45) is 7.96. The summed E-state index contributed by atoms with van der Waals surface area (Å²) in [6.45, 7) is 0.510. The van der Waals surface area contributed by atoms with E-state index in [0.29, 0.717) is 6.54 Å². The molecule has 0 atom stereocenters. The molecular formula is C23H20BrN3OS2. The maximum atomic E-state index is 13.6. The van der Waals surface area contributed by atoms with E-state index >= 15 is 0 Å². The van der Waals surface area contributed by atoms with Gasteiger partial charge in [0.25, 0.3) is 5.56 Å². The average molecular weight is 498 g/mol. The summed E-state index contributed by atoms with van der Waals surface area (Å²) in [6, 6.07) is 12.2. The Morgan fingerprint density at radius 3 is 2.77 bits per heavy atom. The van der Waals surface area contributed by atoms with Crippen LogP contribution in [0.2, 0.25) is 0 Å². The molecule has 0 radical (unpaired) electrons. The summed E-state index contributed by atoms with van der Waals surface area (Å²) in [4.78, 5) is 25.0. The van der Waals surface area contributed by atoms with Crippen LogP contribution in [0.1, 0.15) is 34.4 Å². The molecule has 0 bridgehead atoms. The molecule has 0 aliphatic heterocycles. The van der Waals surface area contributed by atoms with Gasteiger partial charge in [-0.1, -0.05) is 39.8 Å². The van der Waals surface area contributed by atoms with Crippen LogP contribution in [0.3, 0.4) is 0 Å². The fraction of sp³-hybridized carbons (Fsp3) is 0.261. The van der Waals surface area contributed by atoms with Crippen molar-refractivity contribution >= 4 is 49.2 Å². The van der Waals surface area contributed by atoms with E-state index in [-0.39, 0.29) is 5.56 Å². The van der Waals surface area contributed by atoms with E-state index in [1.807, 2.05) is 28.8 Å². The average Bonchev–Trinajstić information content (AvgIpc) is 3.14. The van der Waals surface area contributed by atoms with Gasteiger partial charge >= 0.3 is 0 Å². The molecule has 5 rings (SSSR count). The number of nitrogens with zero attached hydrogens (tertiary/aromatic N) is 3. The van der Waals surface area contributed by atoms with Crippen molar-refractivity contribution in [3.05, 3.63) is 85.2 Å². The van der Waals surface area contributed by atoms with Gasteiger partial charge in [0.1, 0.15) is 4.83 Å². The number of hydrogen-bond acceptors (Lipinski definition) is 5. The third-order valence-electron chi connectivity index (χ3n) is 5.39. The van der Waals surface area contributed by atoms with E-state index < -0.39 is 0 Å². The molecule has 30 heavy (non-hydrogen) atoms. The molecule has 7 heteroatoms. The standard InChI is InChI=1S/C23H20BrN3OS2/c24-17-5-3-4-16(12-17)14-29-23-26-21-20(18-6-1-2-7-19(18)30-21)22(28)27(23)13-15-8-10-25-11-9-15/h3-5,8-12H,1-2,6-7,13-14H2. The number of aryl methyl sites for hydroxylation is 2. The SMILES string of the molecule is O=c1c2c3c(sc2nc(SCc2cccc(Br)c2)n1Cc1ccncc1)CCCC3. The molecular weight excluding hydrogens is 478 g/mol. The Balaban J connectivity index is 1.59. The van der Waals surface area contributed by atoms with Crippen molar-refractivity contribution in [1.29, 1.82) is 0 Å². The number of rotatable bonds is 5. The highest BCUT2D eigenvalue weighted by atomic mass is 79.9. The van der Waals surface area contributed by atoms with Crippen LogP contribution in [-0.2, 0) is 25.1 Å². The molecule has 0 N–H and O–H groups in total. The van der Waals surface area contributed by atoms with Crippen LogP contribution in [0.25, 0.3) is 10.2 Å². The van der Waals surface area contributed by atoms with E-state index in [1.165, 1.54) is 22.4 Å². The van der Waals surface area contributed by atoms with Gasteiger partial charge in [-0.15, -0.1) is 11.3 Å². The summed E-state index contributed by atoms with van der Waals surface area (Å²) in [7, 11) is 0. The minimum atomic E-state index is 0.0907. The molecule has 152 valence electrons. The van der Waals surface area contributed by atoms with Crippen molar-refractivity contribution in [2.45, 2.75) is 43.1 Å². The zero-order valence-corrected chi connectivity index (χ0v) is 19.5. The van der Waals surface area contributed by atoms with Crippen LogP contribution < -0.4 is 5.56 Å². The molecule has 3 heterocycles. The molecule has 0 amide bonds. The van der Waals surface area contributed by atoms with Crippen molar-refractivity contribution in [1.82, 2.24) is 14.5 Å². The zero-order valence-electron chi connectivity index (χ0n) is 16.3. The monoisotopic (exact) mass is 497 g/mol. The van der Waals surface area contributed by atoms with Gasteiger partial charge in [0.15, 0.2) is 5.16 Å². The first-order valence-electron chi connectivity index (χ1n) is 10.0. The summed E-state index contributed by atoms with van der Waals surface area (Å²) in [5.74, 6) is 0.763. The Kier molecular flexibility index (Phi) is 5.76. The van der Waals surface area contributed by atoms with E-state index in [0.717, 1.165) is 50.4 Å². The Morgan fingerprint density at radius 1 is 1.10 bits per heavy atom. The van der Waals surface area contributed by atoms with Crippen LogP contribution in [0.15, 0.2) is 63.2 Å². The number of pyridine rings is 1. The highest BCUT2D eigenvalue weighted by Crippen LogP contribution is 2.35. The second kappa shape index (κ2) is 8.65. The number of hydrogen-bond donors (Lipinski definition) is 0. The smallest absolute Gasteiger partial charge is 0.263 e. The van der Waals surface area contributed by atoms with Crippen molar-refractivity contribution < 1.29 is 0 Å². The first-order chi connectivity index (χ1) is 14.7. The molecule has 3 aromatic heterocycles. The third-order valence-corrected chi connectivity index (χ3v) is 8.11. The third kappa shape index (κ3) is 3.98. The quantitative estimate of drug-likeness (QED) is 0.257. The van der Waals surface area contributed by atoms with E-state index in [9.17, 15) is 4.79 Å². The topological polar surface area (TPSA) is 47.8 Å². The second-order valence-electron chi connectivity index (χ2n) is 7.45. The van der Waals surface area contributed by atoms with Gasteiger partial charge in [-0.05, 0) is 66.6 Å². The van der Waals surface area contributed by atoms with Crippen molar-refractivity contribution in [3.8, 4) is 0 Å². The van der Waals surface area contributed by atoms with Crippen LogP contribution in [0.5, 0.6) is 0 Å². The Hall–Kier alpha value is -1.96. The molecule has 1 aromatic carbocycles. The maximum Gasteiger partial charge on any atom is 0.263 e. The van der Waals surface area contributed by atoms with Gasteiger partial charge in [-0.3, -0.25) is 14.3 Å². The first-order valence-corrected chi connectivity index (χ1v) is 12.6. The van der Waals surface area contributed by atoms with Gasteiger partial charge in [0.05, 0.1) is 11.9 Å². The molecule has 0 fully saturated rings. The molecule has 0 spiro atoms. The van der Waals surface area contributed by atoms with Crippen LogP contribution in [-0.4, -0.2) is 14.5 Å². The number of halogens is 1. The molecule has 0 saturated carbocycles. The number of benzene rings is 1. The predicted molar refractivity (Wildman–Crippen MR) is 128 cm³/mol. The fourth-order valence-electron chi connectivity index (χ4n) is 3.91. The second-order valence-corrected chi connectivity index (χ2v) is 10.4. The first kappa shape index (κ1) is 20.0. The summed E-state index contributed by atoms with van der Waals surface area (Å²) in [5, 5.41) is 1.62. The van der Waals surface area contributed by atoms with Crippen LogP contribution in [0.4, 0.5) is 0 Å². The lowest BCUT2D eigenvalue weighted by Gasteiger charge is -2.14. The number of thioether (sulfide) groups is 1. The van der Waals surface area contributed by atoms with Crippen molar-refractivity contribution in [3.63, 3.8) is 0 Å². The number of fused-ring (bicyclic) bond motifs is 3. The lowest BCUT2D eigenvalue weighted by atomic mass is 9.97. The Labute approximate surface area is 191 Å². The molecule has 1 aliphatic carbocycles. The fourth-order valence-corrected chi connectivity index (χ4v) is 6.61. The van der Waals surface area contributed by atoms with Gasteiger partial charge < -0.3 is 0 Å². The lowest BCUT2D eigenvalue weighted by Crippen LogP contribution is -2.24. The maximum absolute atomic E-state index is 13.6. The summed E-state index contributed by atoms with van der Waals surface area (Å²) in [5.41, 5.74) is 3.59. The highest BCUT2D eigenvalue weighted by Gasteiger charge is 2.22.